The molecule has 2 atom stereocenters. The van der Waals surface area contributed by atoms with E-state index < -0.39 is 18.1 Å². The van der Waals surface area contributed by atoms with E-state index in [2.05, 4.69) is 22.8 Å². The molecule has 2 aromatic carbocycles. The van der Waals surface area contributed by atoms with Gasteiger partial charge in [0, 0.05) is 18.9 Å². The van der Waals surface area contributed by atoms with Gasteiger partial charge >= 0.3 is 12.1 Å². The number of ether oxygens (including phenoxy) is 1. The van der Waals surface area contributed by atoms with Crippen LogP contribution in [-0.2, 0) is 14.3 Å². The minimum absolute atomic E-state index is 0.0309. The first-order valence-corrected chi connectivity index (χ1v) is 10.5. The number of alkyl carbamates (subject to hydrolysis) is 1. The number of fused-ring (bicyclic) bond motifs is 3. The van der Waals surface area contributed by atoms with Gasteiger partial charge in [-0.1, -0.05) is 62.4 Å². The lowest BCUT2D eigenvalue weighted by Gasteiger charge is -2.19. The molecule has 0 aliphatic heterocycles. The fraction of sp³-hybridized carbons (Fsp3) is 0.375. The van der Waals surface area contributed by atoms with Crippen molar-refractivity contribution in [2.75, 3.05) is 13.2 Å². The number of nitrogens with one attached hydrogen (secondary N) is 2. The summed E-state index contributed by atoms with van der Waals surface area (Å²) in [4.78, 5) is 35.5. The summed E-state index contributed by atoms with van der Waals surface area (Å²) < 4.78 is 5.49. The number of carboxylic acid groups (broad SMARTS) is 1. The molecule has 0 bridgehead atoms. The summed E-state index contributed by atoms with van der Waals surface area (Å²) in [5.74, 6) is -1.52. The molecule has 1 aliphatic rings. The van der Waals surface area contributed by atoms with Crippen molar-refractivity contribution >= 4 is 18.0 Å². The van der Waals surface area contributed by atoms with Gasteiger partial charge in [-0.3, -0.25) is 9.59 Å². The molecular formula is C24H28N2O5. The van der Waals surface area contributed by atoms with Gasteiger partial charge in [0.1, 0.15) is 12.6 Å². The summed E-state index contributed by atoms with van der Waals surface area (Å²) in [5, 5.41) is 14.1. The van der Waals surface area contributed by atoms with Crippen molar-refractivity contribution < 1.29 is 24.2 Å². The highest BCUT2D eigenvalue weighted by Crippen LogP contribution is 2.44. The summed E-state index contributed by atoms with van der Waals surface area (Å²) in [6.07, 6.45) is -0.289. The lowest BCUT2D eigenvalue weighted by atomic mass is 9.98. The molecule has 0 aromatic heterocycles. The molecule has 7 nitrogen and oxygen atoms in total. The Kier molecular flexibility index (Phi) is 7.28. The first-order valence-electron chi connectivity index (χ1n) is 10.5. The molecular weight excluding hydrogens is 396 g/mol. The first-order chi connectivity index (χ1) is 14.9. The average Bonchev–Trinajstić information content (AvgIpc) is 3.07. The van der Waals surface area contributed by atoms with Gasteiger partial charge in [-0.2, -0.15) is 0 Å². The molecule has 2 unspecified atom stereocenters. The number of aliphatic carboxylic acids is 1. The minimum Gasteiger partial charge on any atom is -0.481 e. The number of carbonyl (C=O) groups is 3. The zero-order valence-corrected chi connectivity index (χ0v) is 17.8. The van der Waals surface area contributed by atoms with E-state index in [0.29, 0.717) is 6.42 Å². The molecule has 2 aromatic rings. The van der Waals surface area contributed by atoms with Crippen molar-refractivity contribution in [2.24, 2.45) is 5.92 Å². The molecule has 0 saturated carbocycles. The van der Waals surface area contributed by atoms with Crippen LogP contribution in [0.4, 0.5) is 4.79 Å². The van der Waals surface area contributed by atoms with Gasteiger partial charge in [-0.15, -0.1) is 0 Å². The van der Waals surface area contributed by atoms with E-state index in [9.17, 15) is 14.4 Å². The van der Waals surface area contributed by atoms with Crippen molar-refractivity contribution in [2.45, 2.75) is 38.6 Å². The predicted octanol–water partition coefficient (Wildman–Crippen LogP) is 3.53. The second-order valence-electron chi connectivity index (χ2n) is 7.88. The number of amides is 2. The normalized spacial score (nSPS) is 14.1. The number of rotatable bonds is 9. The number of hydrogen-bond acceptors (Lipinski definition) is 4. The van der Waals surface area contributed by atoms with E-state index in [0.717, 1.165) is 22.3 Å². The van der Waals surface area contributed by atoms with Crippen LogP contribution in [0.15, 0.2) is 48.5 Å². The molecule has 0 saturated heterocycles. The second-order valence-corrected chi connectivity index (χ2v) is 7.88. The van der Waals surface area contributed by atoms with Gasteiger partial charge < -0.3 is 20.5 Å². The van der Waals surface area contributed by atoms with E-state index in [4.69, 9.17) is 9.84 Å². The van der Waals surface area contributed by atoms with Crippen LogP contribution in [0.5, 0.6) is 0 Å². The molecule has 164 valence electrons. The summed E-state index contributed by atoms with van der Waals surface area (Å²) in [6.45, 7) is 3.94. The Labute approximate surface area is 181 Å². The van der Waals surface area contributed by atoms with Crippen LogP contribution in [0.25, 0.3) is 11.1 Å². The third-order valence-corrected chi connectivity index (χ3v) is 5.51. The van der Waals surface area contributed by atoms with Crippen molar-refractivity contribution in [3.05, 3.63) is 59.7 Å². The quantitative estimate of drug-likeness (QED) is 0.571. The van der Waals surface area contributed by atoms with Gasteiger partial charge in [0.05, 0.1) is 0 Å². The Bertz CT molecular complexity index is 913. The van der Waals surface area contributed by atoms with Crippen LogP contribution < -0.4 is 10.6 Å². The SMILES string of the molecule is CCC(NC(=O)OCC1c2ccccc2-c2ccccc21)C(=O)NCC(C)CC(=O)O. The van der Waals surface area contributed by atoms with E-state index >= 15 is 0 Å². The Morgan fingerprint density at radius 1 is 1.03 bits per heavy atom. The van der Waals surface area contributed by atoms with Crippen LogP contribution in [0, 0.1) is 5.92 Å². The van der Waals surface area contributed by atoms with Crippen LogP contribution in [0.2, 0.25) is 0 Å². The largest absolute Gasteiger partial charge is 0.481 e. The van der Waals surface area contributed by atoms with Crippen molar-refractivity contribution in [3.8, 4) is 11.1 Å². The molecule has 0 spiro atoms. The van der Waals surface area contributed by atoms with E-state index in [1.54, 1.807) is 13.8 Å². The molecule has 1 aliphatic carbocycles. The van der Waals surface area contributed by atoms with Crippen molar-refractivity contribution in [1.29, 1.82) is 0 Å². The minimum atomic E-state index is -0.912. The zero-order chi connectivity index (χ0) is 22.4. The van der Waals surface area contributed by atoms with Crippen molar-refractivity contribution in [3.63, 3.8) is 0 Å². The summed E-state index contributed by atoms with van der Waals surface area (Å²) >= 11 is 0. The van der Waals surface area contributed by atoms with E-state index in [-0.39, 0.29) is 37.3 Å². The molecule has 31 heavy (non-hydrogen) atoms. The Morgan fingerprint density at radius 2 is 1.61 bits per heavy atom. The Hall–Kier alpha value is -3.35. The predicted molar refractivity (Wildman–Crippen MR) is 117 cm³/mol. The molecule has 0 fully saturated rings. The molecule has 0 radical (unpaired) electrons. The van der Waals surface area contributed by atoms with Gasteiger partial charge in [0.25, 0.3) is 0 Å². The van der Waals surface area contributed by atoms with E-state index in [1.165, 1.54) is 0 Å². The molecule has 2 amide bonds. The number of benzene rings is 2. The number of hydrogen-bond donors (Lipinski definition) is 3. The summed E-state index contributed by atoms with van der Waals surface area (Å²) in [6, 6.07) is 15.4. The van der Waals surface area contributed by atoms with Crippen LogP contribution in [0.3, 0.4) is 0 Å². The smallest absolute Gasteiger partial charge is 0.407 e. The highest BCUT2D eigenvalue weighted by Gasteiger charge is 2.29. The monoisotopic (exact) mass is 424 g/mol. The van der Waals surface area contributed by atoms with Gasteiger partial charge in [0.2, 0.25) is 5.91 Å². The first kappa shape index (κ1) is 22.3. The maximum absolute atomic E-state index is 12.4. The molecule has 0 heterocycles. The third kappa shape index (κ3) is 5.42. The summed E-state index contributed by atoms with van der Waals surface area (Å²) in [5.41, 5.74) is 4.53. The standard InChI is InChI=1S/C24H28N2O5/c1-3-21(23(29)25-13-15(2)12-22(27)28)26-24(30)31-14-20-18-10-6-4-8-16(18)17-9-5-7-11-19(17)20/h4-11,15,20-21H,3,12-14H2,1-2H3,(H,25,29)(H,26,30)(H,27,28). The summed E-state index contributed by atoms with van der Waals surface area (Å²) in [7, 11) is 0. The number of carboxylic acids is 1. The number of carbonyl (C=O) groups excluding carboxylic acids is 2. The van der Waals surface area contributed by atoms with Gasteiger partial charge in [-0.05, 0) is 34.6 Å². The van der Waals surface area contributed by atoms with Crippen LogP contribution in [0.1, 0.15) is 43.7 Å². The van der Waals surface area contributed by atoms with Crippen LogP contribution in [-0.4, -0.2) is 42.3 Å². The topological polar surface area (TPSA) is 105 Å². The highest BCUT2D eigenvalue weighted by atomic mass is 16.5. The highest BCUT2D eigenvalue weighted by molar-refractivity contribution is 5.85. The fourth-order valence-electron chi connectivity index (χ4n) is 3.90. The lowest BCUT2D eigenvalue weighted by Crippen LogP contribution is -2.47. The zero-order valence-electron chi connectivity index (χ0n) is 17.8. The Balaban J connectivity index is 1.56. The fourth-order valence-corrected chi connectivity index (χ4v) is 3.90. The molecule has 7 heteroatoms. The third-order valence-electron chi connectivity index (χ3n) is 5.51. The average molecular weight is 424 g/mol. The van der Waals surface area contributed by atoms with Crippen molar-refractivity contribution in [1.82, 2.24) is 10.6 Å². The van der Waals surface area contributed by atoms with Gasteiger partial charge in [0.15, 0.2) is 0 Å². The maximum Gasteiger partial charge on any atom is 0.407 e. The Morgan fingerprint density at radius 3 is 2.16 bits per heavy atom. The van der Waals surface area contributed by atoms with Gasteiger partial charge in [-0.25, -0.2) is 4.79 Å². The molecule has 3 N–H and O–H groups in total. The maximum atomic E-state index is 12.4. The van der Waals surface area contributed by atoms with E-state index in [1.807, 2.05) is 36.4 Å². The lowest BCUT2D eigenvalue weighted by molar-refractivity contribution is -0.138. The molecule has 3 rings (SSSR count). The van der Waals surface area contributed by atoms with Crippen LogP contribution >= 0.6 is 0 Å². The second kappa shape index (κ2) is 10.1.